The molecule has 1 heterocycles. The molecule has 1 unspecified atom stereocenters. The number of carbonyl (C=O) groups excluding carboxylic acids is 1. The highest BCUT2D eigenvalue weighted by Gasteiger charge is 2.16. The van der Waals surface area contributed by atoms with Crippen LogP contribution >= 0.6 is 11.6 Å². The third kappa shape index (κ3) is 4.24. The first kappa shape index (κ1) is 15.4. The van der Waals surface area contributed by atoms with Gasteiger partial charge < -0.3 is 10.2 Å². The highest BCUT2D eigenvalue weighted by molar-refractivity contribution is 6.29. The normalized spacial score (nSPS) is 12.2. The first-order valence-corrected chi connectivity index (χ1v) is 6.94. The number of benzene rings is 1. The molecular weight excluding hydrogens is 288 g/mol. The Hall–Kier alpha value is -1.98. The third-order valence-electron chi connectivity index (χ3n) is 3.13. The van der Waals surface area contributed by atoms with Crippen LogP contribution in [0.4, 0.5) is 0 Å². The van der Waals surface area contributed by atoms with Crippen LogP contribution in [0.1, 0.15) is 22.1 Å². The molecule has 0 radical (unpaired) electrons. The van der Waals surface area contributed by atoms with E-state index in [2.05, 4.69) is 20.4 Å². The molecule has 1 aromatic carbocycles. The van der Waals surface area contributed by atoms with Crippen LogP contribution in [0.2, 0.25) is 5.15 Å². The summed E-state index contributed by atoms with van der Waals surface area (Å²) in [6.45, 7) is 0.486. The average molecular weight is 305 g/mol. The largest absolute Gasteiger partial charge is 0.349 e. The van der Waals surface area contributed by atoms with E-state index in [1.807, 2.05) is 44.4 Å². The number of carbonyl (C=O) groups is 1. The zero-order chi connectivity index (χ0) is 15.2. The molecule has 1 atom stereocenters. The van der Waals surface area contributed by atoms with E-state index < -0.39 is 0 Å². The molecule has 2 aromatic rings. The number of rotatable bonds is 5. The van der Waals surface area contributed by atoms with Gasteiger partial charge in [0.05, 0.1) is 6.04 Å². The van der Waals surface area contributed by atoms with Crippen LogP contribution in [0.15, 0.2) is 42.5 Å². The molecule has 0 spiro atoms. The van der Waals surface area contributed by atoms with E-state index in [0.717, 1.165) is 5.56 Å². The van der Waals surface area contributed by atoms with E-state index in [4.69, 9.17) is 11.6 Å². The molecule has 0 bridgehead atoms. The Morgan fingerprint density at radius 1 is 1.19 bits per heavy atom. The van der Waals surface area contributed by atoms with Crippen molar-refractivity contribution in [3.05, 3.63) is 58.9 Å². The number of amides is 1. The SMILES string of the molecule is CN(C)C(CNC(=O)c1ccc(Cl)nn1)c1ccccc1. The molecule has 0 aliphatic rings. The van der Waals surface area contributed by atoms with Gasteiger partial charge in [0.2, 0.25) is 0 Å². The molecule has 0 saturated carbocycles. The monoisotopic (exact) mass is 304 g/mol. The molecule has 5 nitrogen and oxygen atoms in total. The molecule has 0 fully saturated rings. The third-order valence-corrected chi connectivity index (χ3v) is 3.33. The van der Waals surface area contributed by atoms with E-state index in [9.17, 15) is 4.79 Å². The molecule has 2 rings (SSSR count). The summed E-state index contributed by atoms with van der Waals surface area (Å²) in [4.78, 5) is 14.1. The molecule has 110 valence electrons. The maximum atomic E-state index is 12.0. The Morgan fingerprint density at radius 3 is 2.48 bits per heavy atom. The lowest BCUT2D eigenvalue weighted by Gasteiger charge is -2.25. The van der Waals surface area contributed by atoms with Gasteiger partial charge in [-0.2, -0.15) is 0 Å². The molecule has 0 saturated heterocycles. The Labute approximate surface area is 128 Å². The Morgan fingerprint density at radius 2 is 1.90 bits per heavy atom. The fraction of sp³-hybridized carbons (Fsp3) is 0.267. The van der Waals surface area contributed by atoms with Gasteiger partial charge in [-0.05, 0) is 31.8 Å². The van der Waals surface area contributed by atoms with E-state index in [0.29, 0.717) is 6.54 Å². The summed E-state index contributed by atoms with van der Waals surface area (Å²) in [5.74, 6) is -0.262. The van der Waals surface area contributed by atoms with Crippen LogP contribution in [0.5, 0.6) is 0 Å². The standard InChI is InChI=1S/C15H17ClN4O/c1-20(2)13(11-6-4-3-5-7-11)10-17-15(21)12-8-9-14(16)19-18-12/h3-9,13H,10H2,1-2H3,(H,17,21). The zero-order valence-electron chi connectivity index (χ0n) is 12.0. The van der Waals surface area contributed by atoms with Crippen molar-refractivity contribution in [3.8, 4) is 0 Å². The molecule has 0 aliphatic heterocycles. The lowest BCUT2D eigenvalue weighted by atomic mass is 10.1. The Balaban J connectivity index is 2.02. The van der Waals surface area contributed by atoms with E-state index in [-0.39, 0.29) is 22.8 Å². The van der Waals surface area contributed by atoms with Gasteiger partial charge in [-0.3, -0.25) is 4.79 Å². The lowest BCUT2D eigenvalue weighted by Crippen LogP contribution is -2.35. The van der Waals surface area contributed by atoms with Crippen LogP contribution in [-0.4, -0.2) is 41.6 Å². The number of hydrogen-bond donors (Lipinski definition) is 1. The minimum absolute atomic E-state index is 0.0930. The summed E-state index contributed by atoms with van der Waals surface area (Å²) in [6.07, 6.45) is 0. The molecule has 0 aliphatic carbocycles. The first-order valence-electron chi connectivity index (χ1n) is 6.56. The second-order valence-electron chi connectivity index (χ2n) is 4.84. The van der Waals surface area contributed by atoms with Crippen LogP contribution in [-0.2, 0) is 0 Å². The van der Waals surface area contributed by atoms with Gasteiger partial charge in [0.25, 0.3) is 5.91 Å². The summed E-state index contributed by atoms with van der Waals surface area (Å²) < 4.78 is 0. The predicted octanol–water partition coefficient (Wildman–Crippen LogP) is 2.16. The number of nitrogens with one attached hydrogen (secondary N) is 1. The topological polar surface area (TPSA) is 58.1 Å². The summed E-state index contributed by atoms with van der Waals surface area (Å²) in [5, 5.41) is 10.6. The Kier molecular flexibility index (Phi) is 5.25. The zero-order valence-corrected chi connectivity index (χ0v) is 12.7. The second-order valence-corrected chi connectivity index (χ2v) is 5.23. The first-order chi connectivity index (χ1) is 10.1. The smallest absolute Gasteiger partial charge is 0.271 e. The van der Waals surface area contributed by atoms with Crippen molar-refractivity contribution in [2.75, 3.05) is 20.6 Å². The molecule has 1 amide bonds. The van der Waals surface area contributed by atoms with Crippen LogP contribution in [0.25, 0.3) is 0 Å². The van der Waals surface area contributed by atoms with Crippen molar-refractivity contribution in [2.45, 2.75) is 6.04 Å². The number of halogens is 1. The minimum Gasteiger partial charge on any atom is -0.349 e. The maximum absolute atomic E-state index is 12.0. The predicted molar refractivity (Wildman–Crippen MR) is 82.2 cm³/mol. The van der Waals surface area contributed by atoms with Gasteiger partial charge in [-0.1, -0.05) is 41.9 Å². The van der Waals surface area contributed by atoms with Crippen molar-refractivity contribution in [1.29, 1.82) is 0 Å². The summed E-state index contributed by atoms with van der Waals surface area (Å²) in [6, 6.07) is 13.2. The van der Waals surface area contributed by atoms with Crippen LogP contribution in [0.3, 0.4) is 0 Å². The second kappa shape index (κ2) is 7.15. The highest BCUT2D eigenvalue weighted by atomic mass is 35.5. The van der Waals surface area contributed by atoms with E-state index in [1.54, 1.807) is 12.1 Å². The molecule has 21 heavy (non-hydrogen) atoms. The van der Waals surface area contributed by atoms with Gasteiger partial charge >= 0.3 is 0 Å². The number of hydrogen-bond acceptors (Lipinski definition) is 4. The molecule has 1 aromatic heterocycles. The van der Waals surface area contributed by atoms with Gasteiger partial charge in [-0.25, -0.2) is 0 Å². The average Bonchev–Trinajstić information content (AvgIpc) is 2.48. The van der Waals surface area contributed by atoms with Crippen molar-refractivity contribution >= 4 is 17.5 Å². The fourth-order valence-corrected chi connectivity index (χ4v) is 2.09. The number of nitrogens with zero attached hydrogens (tertiary/aromatic N) is 3. The molecule has 6 heteroatoms. The lowest BCUT2D eigenvalue weighted by molar-refractivity contribution is 0.0936. The summed E-state index contributed by atoms with van der Waals surface area (Å²) >= 11 is 5.65. The van der Waals surface area contributed by atoms with E-state index in [1.165, 1.54) is 0 Å². The maximum Gasteiger partial charge on any atom is 0.271 e. The molecule has 1 N–H and O–H groups in total. The highest BCUT2D eigenvalue weighted by Crippen LogP contribution is 2.16. The van der Waals surface area contributed by atoms with Gasteiger partial charge in [0, 0.05) is 6.54 Å². The molecular formula is C15H17ClN4O. The van der Waals surface area contributed by atoms with Crippen molar-refractivity contribution < 1.29 is 4.79 Å². The fourth-order valence-electron chi connectivity index (χ4n) is 1.99. The number of likely N-dealkylation sites (N-methyl/N-ethyl adjacent to an activating group) is 1. The summed E-state index contributed by atoms with van der Waals surface area (Å²) in [5.41, 5.74) is 1.40. The van der Waals surface area contributed by atoms with Crippen molar-refractivity contribution in [2.24, 2.45) is 0 Å². The van der Waals surface area contributed by atoms with Crippen LogP contribution in [0, 0.1) is 0 Å². The van der Waals surface area contributed by atoms with Gasteiger partial charge in [0.1, 0.15) is 0 Å². The van der Waals surface area contributed by atoms with Crippen molar-refractivity contribution in [1.82, 2.24) is 20.4 Å². The van der Waals surface area contributed by atoms with Gasteiger partial charge in [-0.15, -0.1) is 10.2 Å². The summed E-state index contributed by atoms with van der Waals surface area (Å²) in [7, 11) is 3.96. The number of aromatic nitrogens is 2. The van der Waals surface area contributed by atoms with Crippen molar-refractivity contribution in [3.63, 3.8) is 0 Å². The minimum atomic E-state index is -0.262. The Bertz CT molecular complexity index is 586. The van der Waals surface area contributed by atoms with Gasteiger partial charge in [0.15, 0.2) is 10.8 Å². The van der Waals surface area contributed by atoms with Crippen LogP contribution < -0.4 is 5.32 Å². The quantitative estimate of drug-likeness (QED) is 0.919. The van der Waals surface area contributed by atoms with E-state index >= 15 is 0 Å².